The van der Waals surface area contributed by atoms with E-state index < -0.39 is 0 Å². The number of hydrogen-bond acceptors (Lipinski definition) is 2. The normalized spacial score (nSPS) is 10.5. The summed E-state index contributed by atoms with van der Waals surface area (Å²) in [5, 5.41) is 4.17. The summed E-state index contributed by atoms with van der Waals surface area (Å²) in [5.41, 5.74) is 7.05. The van der Waals surface area contributed by atoms with E-state index in [0.29, 0.717) is 17.8 Å². The second kappa shape index (κ2) is 3.73. The van der Waals surface area contributed by atoms with Crippen molar-refractivity contribution in [3.63, 3.8) is 0 Å². The molecule has 0 unspecified atom stereocenters. The summed E-state index contributed by atoms with van der Waals surface area (Å²) in [6.45, 7) is 0. The van der Waals surface area contributed by atoms with Gasteiger partial charge in [-0.3, -0.25) is 4.68 Å². The molecule has 15 heavy (non-hydrogen) atoms. The Morgan fingerprint density at radius 1 is 1.40 bits per heavy atom. The van der Waals surface area contributed by atoms with Gasteiger partial charge in [-0.25, -0.2) is 4.39 Å². The third-order valence-corrected chi connectivity index (χ3v) is 2.30. The van der Waals surface area contributed by atoms with Gasteiger partial charge >= 0.3 is 0 Å². The van der Waals surface area contributed by atoms with Crippen molar-refractivity contribution in [3.8, 4) is 0 Å². The first-order valence-corrected chi connectivity index (χ1v) is 4.68. The first kappa shape index (κ1) is 9.71. The molecule has 0 aliphatic carbocycles. The van der Waals surface area contributed by atoms with Crippen LogP contribution >= 0.6 is 0 Å². The molecule has 1 heterocycles. The zero-order valence-electron chi connectivity index (χ0n) is 8.44. The number of anilines is 1. The van der Waals surface area contributed by atoms with Crippen molar-refractivity contribution in [3.05, 3.63) is 47.4 Å². The lowest BCUT2D eigenvalue weighted by Crippen LogP contribution is -1.98. The fraction of sp³-hybridized carbons (Fsp3) is 0.182. The topological polar surface area (TPSA) is 43.8 Å². The highest BCUT2D eigenvalue weighted by atomic mass is 19.1. The van der Waals surface area contributed by atoms with Gasteiger partial charge in [-0.15, -0.1) is 0 Å². The van der Waals surface area contributed by atoms with Gasteiger partial charge in [0.1, 0.15) is 11.6 Å². The molecule has 2 N–H and O–H groups in total. The molecule has 0 saturated heterocycles. The Hall–Kier alpha value is -1.84. The molecule has 2 rings (SSSR count). The van der Waals surface area contributed by atoms with Crippen molar-refractivity contribution < 1.29 is 4.39 Å². The van der Waals surface area contributed by atoms with Crippen LogP contribution in [0.15, 0.2) is 30.3 Å². The molecule has 0 spiro atoms. The van der Waals surface area contributed by atoms with Crippen molar-refractivity contribution in [1.29, 1.82) is 0 Å². The Kier molecular flexibility index (Phi) is 2.41. The van der Waals surface area contributed by atoms with E-state index >= 15 is 0 Å². The molecule has 78 valence electrons. The monoisotopic (exact) mass is 205 g/mol. The Bertz CT molecular complexity index is 457. The number of nitrogens with zero attached hydrogens (tertiary/aromatic N) is 2. The lowest BCUT2D eigenvalue weighted by atomic mass is 10.1. The first-order chi connectivity index (χ1) is 7.16. The number of hydrogen-bond donors (Lipinski definition) is 1. The van der Waals surface area contributed by atoms with Crippen LogP contribution in [-0.4, -0.2) is 9.78 Å². The molecule has 0 bridgehead atoms. The fourth-order valence-corrected chi connectivity index (χ4v) is 1.47. The molecule has 0 radical (unpaired) electrons. The van der Waals surface area contributed by atoms with E-state index in [9.17, 15) is 4.39 Å². The number of benzene rings is 1. The van der Waals surface area contributed by atoms with Gasteiger partial charge in [-0.05, 0) is 11.6 Å². The van der Waals surface area contributed by atoms with E-state index in [-0.39, 0.29) is 5.82 Å². The van der Waals surface area contributed by atoms with Gasteiger partial charge in [-0.2, -0.15) is 5.10 Å². The van der Waals surface area contributed by atoms with Gasteiger partial charge in [0.25, 0.3) is 0 Å². The van der Waals surface area contributed by atoms with Crippen LogP contribution in [-0.2, 0) is 13.5 Å². The van der Waals surface area contributed by atoms with E-state index in [0.717, 1.165) is 5.69 Å². The Morgan fingerprint density at radius 3 is 2.73 bits per heavy atom. The second-order valence-corrected chi connectivity index (χ2v) is 3.45. The van der Waals surface area contributed by atoms with Gasteiger partial charge in [0.2, 0.25) is 0 Å². The lowest BCUT2D eigenvalue weighted by molar-refractivity contribution is 0.612. The largest absolute Gasteiger partial charge is 0.384 e. The fourth-order valence-electron chi connectivity index (χ4n) is 1.47. The highest BCUT2D eigenvalue weighted by Gasteiger charge is 2.06. The molecule has 0 atom stereocenters. The number of aromatic nitrogens is 2. The van der Waals surface area contributed by atoms with Crippen LogP contribution in [0.5, 0.6) is 0 Å². The smallest absolute Gasteiger partial charge is 0.126 e. The van der Waals surface area contributed by atoms with Gasteiger partial charge < -0.3 is 5.73 Å². The molecule has 4 heteroatoms. The number of nitrogens with two attached hydrogens (primary N) is 1. The predicted octanol–water partition coefficient (Wildman–Crippen LogP) is 1.73. The summed E-state index contributed by atoms with van der Waals surface area (Å²) >= 11 is 0. The quantitative estimate of drug-likeness (QED) is 0.811. The zero-order valence-corrected chi connectivity index (χ0v) is 8.44. The molecular formula is C11H12FN3. The van der Waals surface area contributed by atoms with Crippen molar-refractivity contribution in [2.75, 3.05) is 5.73 Å². The summed E-state index contributed by atoms with van der Waals surface area (Å²) in [6, 6.07) is 8.44. The maximum absolute atomic E-state index is 13.3. The number of rotatable bonds is 2. The zero-order chi connectivity index (χ0) is 10.8. The minimum atomic E-state index is -0.207. The average Bonchev–Trinajstić information content (AvgIpc) is 2.50. The van der Waals surface area contributed by atoms with Crippen LogP contribution in [0.3, 0.4) is 0 Å². The van der Waals surface area contributed by atoms with E-state index in [2.05, 4.69) is 5.10 Å². The summed E-state index contributed by atoms with van der Waals surface area (Å²) in [4.78, 5) is 0. The van der Waals surface area contributed by atoms with Gasteiger partial charge in [0, 0.05) is 19.5 Å². The maximum atomic E-state index is 13.3. The van der Waals surface area contributed by atoms with Crippen LogP contribution in [0.4, 0.5) is 10.2 Å². The summed E-state index contributed by atoms with van der Waals surface area (Å²) < 4.78 is 14.9. The SMILES string of the molecule is Cn1nc(Cc2ccccc2F)cc1N. The molecule has 0 amide bonds. The molecular weight excluding hydrogens is 193 g/mol. The van der Waals surface area contributed by atoms with Crippen LogP contribution in [0, 0.1) is 5.82 Å². The van der Waals surface area contributed by atoms with Crippen molar-refractivity contribution in [2.24, 2.45) is 7.05 Å². The molecule has 1 aromatic carbocycles. The van der Waals surface area contributed by atoms with Gasteiger partial charge in [0.15, 0.2) is 0 Å². The summed E-state index contributed by atoms with van der Waals surface area (Å²) in [6.07, 6.45) is 0.470. The van der Waals surface area contributed by atoms with E-state index in [1.54, 1.807) is 29.9 Å². The van der Waals surface area contributed by atoms with E-state index in [1.165, 1.54) is 6.07 Å². The van der Waals surface area contributed by atoms with Crippen molar-refractivity contribution >= 4 is 5.82 Å². The van der Waals surface area contributed by atoms with Gasteiger partial charge in [-0.1, -0.05) is 18.2 Å². The molecule has 3 nitrogen and oxygen atoms in total. The molecule has 2 aromatic rings. The molecule has 0 saturated carbocycles. The number of nitrogen functional groups attached to an aromatic ring is 1. The predicted molar refractivity (Wildman–Crippen MR) is 56.8 cm³/mol. The Labute approximate surface area is 87.3 Å². The number of halogens is 1. The van der Waals surface area contributed by atoms with E-state index in [4.69, 9.17) is 5.73 Å². The summed E-state index contributed by atoms with van der Waals surface area (Å²) in [7, 11) is 1.76. The summed E-state index contributed by atoms with van der Waals surface area (Å²) in [5.74, 6) is 0.378. The van der Waals surface area contributed by atoms with Crippen LogP contribution in [0.25, 0.3) is 0 Å². The minimum absolute atomic E-state index is 0.207. The van der Waals surface area contributed by atoms with Gasteiger partial charge in [0.05, 0.1) is 5.69 Å². The maximum Gasteiger partial charge on any atom is 0.126 e. The Morgan fingerprint density at radius 2 is 2.13 bits per heavy atom. The van der Waals surface area contributed by atoms with Crippen LogP contribution in [0.1, 0.15) is 11.3 Å². The van der Waals surface area contributed by atoms with E-state index in [1.807, 2.05) is 6.07 Å². The van der Waals surface area contributed by atoms with Crippen LogP contribution in [0.2, 0.25) is 0 Å². The lowest BCUT2D eigenvalue weighted by Gasteiger charge is -1.99. The highest BCUT2D eigenvalue weighted by molar-refractivity contribution is 5.33. The Balaban J connectivity index is 2.26. The van der Waals surface area contributed by atoms with Crippen LogP contribution < -0.4 is 5.73 Å². The molecule has 0 aliphatic rings. The molecule has 1 aromatic heterocycles. The first-order valence-electron chi connectivity index (χ1n) is 4.68. The number of aryl methyl sites for hydroxylation is 1. The third kappa shape index (κ3) is 1.98. The molecule has 0 fully saturated rings. The van der Waals surface area contributed by atoms with Crippen molar-refractivity contribution in [1.82, 2.24) is 9.78 Å². The highest BCUT2D eigenvalue weighted by Crippen LogP contribution is 2.13. The average molecular weight is 205 g/mol. The standard InChI is InChI=1S/C11H12FN3/c1-15-11(13)7-9(14-15)6-8-4-2-3-5-10(8)12/h2-5,7H,6,13H2,1H3. The molecule has 0 aliphatic heterocycles. The van der Waals surface area contributed by atoms with Crippen molar-refractivity contribution in [2.45, 2.75) is 6.42 Å². The minimum Gasteiger partial charge on any atom is -0.384 e. The third-order valence-electron chi connectivity index (χ3n) is 2.30. The second-order valence-electron chi connectivity index (χ2n) is 3.45.